The molecule has 7 nitrogen and oxygen atoms in total. The molecule has 0 unspecified atom stereocenters. The number of ketones is 1. The van der Waals surface area contributed by atoms with Crippen molar-refractivity contribution in [2.75, 3.05) is 20.2 Å². The molecular formula is C33H28N2O5. The largest absolute Gasteiger partial charge is 0.496 e. The molecule has 5 aromatic rings. The fourth-order valence-electron chi connectivity index (χ4n) is 4.70. The average Bonchev–Trinajstić information content (AvgIpc) is 3.01. The Labute approximate surface area is 231 Å². The van der Waals surface area contributed by atoms with Crippen LogP contribution < -0.4 is 15.4 Å². The molecule has 7 heteroatoms. The lowest BCUT2D eigenvalue weighted by atomic mass is 9.91. The van der Waals surface area contributed by atoms with Gasteiger partial charge in [-0.3, -0.25) is 9.59 Å². The van der Waals surface area contributed by atoms with E-state index >= 15 is 0 Å². The van der Waals surface area contributed by atoms with Crippen LogP contribution >= 0.6 is 0 Å². The summed E-state index contributed by atoms with van der Waals surface area (Å²) in [7, 11) is 1.61. The maximum atomic E-state index is 13.8. The van der Waals surface area contributed by atoms with Gasteiger partial charge in [0.05, 0.1) is 7.11 Å². The molecular weight excluding hydrogens is 504 g/mol. The Morgan fingerprint density at radius 1 is 0.600 bits per heavy atom. The van der Waals surface area contributed by atoms with E-state index in [2.05, 4.69) is 10.6 Å². The molecule has 200 valence electrons. The first-order chi connectivity index (χ1) is 19.6. The number of nitrogens with one attached hydrogen (secondary N) is 2. The molecule has 0 radical (unpaired) electrons. The summed E-state index contributed by atoms with van der Waals surface area (Å²) < 4.78 is 10.7. The topological polar surface area (TPSA) is 93.7 Å². The molecule has 5 rings (SSSR count). The minimum absolute atomic E-state index is 0.139. The van der Waals surface area contributed by atoms with E-state index in [4.69, 9.17) is 9.47 Å². The Morgan fingerprint density at radius 2 is 1.12 bits per heavy atom. The van der Waals surface area contributed by atoms with E-state index in [-0.39, 0.29) is 31.4 Å². The van der Waals surface area contributed by atoms with E-state index in [9.17, 15) is 14.4 Å². The first-order valence-corrected chi connectivity index (χ1v) is 12.9. The van der Waals surface area contributed by atoms with Gasteiger partial charge in [-0.2, -0.15) is 0 Å². The SMILES string of the molecule is COc1ccc(C(=O)c2ccc(C(=O)NCCNC(=O)OCc3ccccc3)c3ccccc23)c2ccccc12. The Balaban J connectivity index is 1.29. The number of fused-ring (bicyclic) bond motifs is 2. The van der Waals surface area contributed by atoms with Crippen molar-refractivity contribution in [3.63, 3.8) is 0 Å². The van der Waals surface area contributed by atoms with Crippen molar-refractivity contribution < 1.29 is 23.9 Å². The Kier molecular flexibility index (Phi) is 8.02. The van der Waals surface area contributed by atoms with Crippen LogP contribution in [0.3, 0.4) is 0 Å². The van der Waals surface area contributed by atoms with Gasteiger partial charge in [-0.1, -0.05) is 78.9 Å². The summed E-state index contributed by atoms with van der Waals surface area (Å²) in [5.41, 5.74) is 2.40. The molecule has 0 aliphatic carbocycles. The van der Waals surface area contributed by atoms with Gasteiger partial charge in [-0.15, -0.1) is 0 Å². The van der Waals surface area contributed by atoms with E-state index < -0.39 is 6.09 Å². The van der Waals surface area contributed by atoms with Crippen molar-refractivity contribution in [2.45, 2.75) is 6.61 Å². The first kappa shape index (κ1) is 26.4. The van der Waals surface area contributed by atoms with Gasteiger partial charge in [-0.05, 0) is 46.0 Å². The van der Waals surface area contributed by atoms with Crippen LogP contribution in [0.4, 0.5) is 4.79 Å². The lowest BCUT2D eigenvalue weighted by Crippen LogP contribution is -2.35. The number of hydrogen-bond acceptors (Lipinski definition) is 5. The summed E-state index contributed by atoms with van der Waals surface area (Å²) in [5, 5.41) is 8.46. The second kappa shape index (κ2) is 12.1. The second-order valence-corrected chi connectivity index (χ2v) is 9.14. The van der Waals surface area contributed by atoms with E-state index in [1.54, 1.807) is 31.4 Å². The molecule has 0 aliphatic rings. The number of methoxy groups -OCH3 is 1. The summed E-state index contributed by atoms with van der Waals surface area (Å²) in [6, 6.07) is 31.3. The van der Waals surface area contributed by atoms with Crippen molar-refractivity contribution in [1.29, 1.82) is 0 Å². The number of carbonyl (C=O) groups excluding carboxylic acids is 3. The molecule has 40 heavy (non-hydrogen) atoms. The molecule has 0 bridgehead atoms. The fourth-order valence-corrected chi connectivity index (χ4v) is 4.70. The lowest BCUT2D eigenvalue weighted by molar-refractivity contribution is 0.0952. The van der Waals surface area contributed by atoms with Crippen LogP contribution in [-0.2, 0) is 11.3 Å². The predicted molar refractivity (Wildman–Crippen MR) is 155 cm³/mol. The van der Waals surface area contributed by atoms with E-state index in [0.29, 0.717) is 33.2 Å². The van der Waals surface area contributed by atoms with Crippen molar-refractivity contribution >= 4 is 39.3 Å². The minimum Gasteiger partial charge on any atom is -0.496 e. The molecule has 2 amide bonds. The van der Waals surface area contributed by atoms with Gasteiger partial charge in [0, 0.05) is 35.2 Å². The normalized spacial score (nSPS) is 10.7. The highest BCUT2D eigenvalue weighted by Gasteiger charge is 2.19. The summed E-state index contributed by atoms with van der Waals surface area (Å²) in [5.74, 6) is 0.257. The maximum Gasteiger partial charge on any atom is 0.407 e. The van der Waals surface area contributed by atoms with Crippen LogP contribution in [0, 0.1) is 0 Å². The minimum atomic E-state index is -0.558. The molecule has 0 aromatic heterocycles. The quantitative estimate of drug-likeness (QED) is 0.182. The zero-order chi connectivity index (χ0) is 27.9. The molecule has 0 aliphatic heterocycles. The maximum absolute atomic E-state index is 13.8. The molecule has 0 heterocycles. The van der Waals surface area contributed by atoms with E-state index in [0.717, 1.165) is 16.3 Å². The highest BCUT2D eigenvalue weighted by molar-refractivity contribution is 6.23. The fraction of sp³-hybridized carbons (Fsp3) is 0.121. The van der Waals surface area contributed by atoms with Crippen molar-refractivity contribution in [1.82, 2.24) is 10.6 Å². The van der Waals surface area contributed by atoms with E-state index in [1.807, 2.05) is 78.9 Å². The third-order valence-electron chi connectivity index (χ3n) is 6.65. The predicted octanol–water partition coefficient (Wildman–Crippen LogP) is 5.89. The Hall–Kier alpha value is -5.17. The third kappa shape index (κ3) is 5.63. The van der Waals surface area contributed by atoms with Gasteiger partial charge in [-0.25, -0.2) is 4.79 Å². The first-order valence-electron chi connectivity index (χ1n) is 12.9. The smallest absolute Gasteiger partial charge is 0.407 e. The standard InChI is InChI=1S/C33H28N2O5/c1-39-30-18-17-28(25-13-7-8-14-26(25)30)31(36)27-15-16-29(24-12-6-5-11-23(24)27)32(37)34-19-20-35-33(38)40-21-22-9-3-2-4-10-22/h2-18H,19-21H2,1H3,(H,34,37)(H,35,38). The highest BCUT2D eigenvalue weighted by atomic mass is 16.5. The number of amides is 2. The van der Waals surface area contributed by atoms with Crippen LogP contribution in [0.15, 0.2) is 103 Å². The van der Waals surface area contributed by atoms with Crippen LogP contribution in [0.2, 0.25) is 0 Å². The average molecular weight is 533 g/mol. The number of hydrogen-bond donors (Lipinski definition) is 2. The monoisotopic (exact) mass is 532 g/mol. The van der Waals surface area contributed by atoms with Gasteiger partial charge in [0.2, 0.25) is 0 Å². The molecule has 0 fully saturated rings. The Bertz CT molecular complexity index is 1700. The highest BCUT2D eigenvalue weighted by Crippen LogP contribution is 2.32. The van der Waals surface area contributed by atoms with Gasteiger partial charge in [0.15, 0.2) is 5.78 Å². The van der Waals surface area contributed by atoms with Crippen LogP contribution in [0.1, 0.15) is 31.8 Å². The summed E-state index contributed by atoms with van der Waals surface area (Å²) in [6.07, 6.45) is -0.558. The molecule has 0 saturated carbocycles. The lowest BCUT2D eigenvalue weighted by Gasteiger charge is -2.13. The number of benzene rings is 5. The summed E-state index contributed by atoms with van der Waals surface area (Å²) >= 11 is 0. The van der Waals surface area contributed by atoms with E-state index in [1.165, 1.54) is 0 Å². The van der Waals surface area contributed by atoms with Crippen molar-refractivity contribution in [2.24, 2.45) is 0 Å². The molecule has 5 aromatic carbocycles. The molecule has 0 saturated heterocycles. The zero-order valence-electron chi connectivity index (χ0n) is 22.0. The van der Waals surface area contributed by atoms with Crippen LogP contribution in [-0.4, -0.2) is 38.0 Å². The summed E-state index contributed by atoms with van der Waals surface area (Å²) in [4.78, 5) is 38.8. The van der Waals surface area contributed by atoms with Gasteiger partial charge in [0.1, 0.15) is 12.4 Å². The summed E-state index contributed by atoms with van der Waals surface area (Å²) in [6.45, 7) is 0.590. The van der Waals surface area contributed by atoms with Gasteiger partial charge < -0.3 is 20.1 Å². The number of carbonyl (C=O) groups is 3. The van der Waals surface area contributed by atoms with Crippen molar-refractivity contribution in [3.8, 4) is 5.75 Å². The number of ether oxygens (including phenoxy) is 2. The third-order valence-corrected chi connectivity index (χ3v) is 6.65. The second-order valence-electron chi connectivity index (χ2n) is 9.14. The molecule has 0 spiro atoms. The number of rotatable bonds is 9. The molecule has 2 N–H and O–H groups in total. The number of alkyl carbamates (subject to hydrolysis) is 1. The van der Waals surface area contributed by atoms with Gasteiger partial charge in [0.25, 0.3) is 5.91 Å². The van der Waals surface area contributed by atoms with Gasteiger partial charge >= 0.3 is 6.09 Å². The van der Waals surface area contributed by atoms with Crippen LogP contribution in [0.25, 0.3) is 21.5 Å². The Morgan fingerprint density at radius 3 is 1.80 bits per heavy atom. The molecule has 0 atom stereocenters. The van der Waals surface area contributed by atoms with Crippen LogP contribution in [0.5, 0.6) is 5.75 Å². The zero-order valence-corrected chi connectivity index (χ0v) is 22.0. The van der Waals surface area contributed by atoms with Crippen molar-refractivity contribution in [3.05, 3.63) is 125 Å².